The minimum absolute atomic E-state index is 0.620. The Morgan fingerprint density at radius 3 is 2.39 bits per heavy atom. The highest BCUT2D eigenvalue weighted by molar-refractivity contribution is 9.10. The van der Waals surface area contributed by atoms with Crippen molar-refractivity contribution in [2.45, 2.75) is 39.5 Å². The van der Waals surface area contributed by atoms with Crippen LogP contribution in [0.25, 0.3) is 0 Å². The van der Waals surface area contributed by atoms with Gasteiger partial charge >= 0.3 is 0 Å². The third-order valence-corrected chi connectivity index (χ3v) is 4.00. The summed E-state index contributed by atoms with van der Waals surface area (Å²) in [6, 6.07) is 0. The summed E-state index contributed by atoms with van der Waals surface area (Å²) in [6.07, 6.45) is 2.50. The Labute approximate surface area is 117 Å². The van der Waals surface area contributed by atoms with E-state index in [2.05, 4.69) is 51.9 Å². The predicted octanol–water partition coefficient (Wildman–Crippen LogP) is 3.39. The molecule has 0 saturated heterocycles. The monoisotopic (exact) mass is 312 g/mol. The Hall–Kier alpha value is -0.840. The van der Waals surface area contributed by atoms with Crippen LogP contribution in [0.1, 0.15) is 45.2 Å². The van der Waals surface area contributed by atoms with Gasteiger partial charge in [-0.1, -0.05) is 0 Å². The molecule has 4 nitrogen and oxygen atoms in total. The van der Waals surface area contributed by atoms with Crippen LogP contribution >= 0.6 is 15.9 Å². The maximum Gasteiger partial charge on any atom is 0.227 e. The third kappa shape index (κ3) is 2.76. The summed E-state index contributed by atoms with van der Waals surface area (Å²) in [5.74, 6) is 2.39. The second-order valence-electron chi connectivity index (χ2n) is 4.55. The van der Waals surface area contributed by atoms with E-state index in [0.29, 0.717) is 5.92 Å². The van der Waals surface area contributed by atoms with Gasteiger partial charge in [-0.05, 0) is 49.5 Å². The highest BCUT2D eigenvalue weighted by Gasteiger charge is 2.29. The van der Waals surface area contributed by atoms with Gasteiger partial charge in [-0.2, -0.15) is 4.98 Å². The van der Waals surface area contributed by atoms with Gasteiger partial charge in [0.25, 0.3) is 0 Å². The Balaban J connectivity index is 2.40. The molecule has 1 aromatic heterocycles. The zero-order chi connectivity index (χ0) is 13.1. The molecule has 0 amide bonds. The molecule has 0 spiro atoms. The minimum atomic E-state index is 0.620. The second-order valence-corrected chi connectivity index (χ2v) is 5.34. The van der Waals surface area contributed by atoms with E-state index < -0.39 is 0 Å². The van der Waals surface area contributed by atoms with Gasteiger partial charge in [-0.15, -0.1) is 0 Å². The van der Waals surface area contributed by atoms with Crippen LogP contribution in [-0.2, 0) is 0 Å². The lowest BCUT2D eigenvalue weighted by molar-refractivity contribution is 0.806. The molecule has 0 bridgehead atoms. The molecule has 0 atom stereocenters. The molecule has 1 N–H and O–H groups in total. The fourth-order valence-corrected chi connectivity index (χ4v) is 2.65. The largest absolute Gasteiger partial charge is 0.369 e. The molecule has 5 heteroatoms. The fourth-order valence-electron chi connectivity index (χ4n) is 2.01. The van der Waals surface area contributed by atoms with E-state index in [1.807, 2.05) is 0 Å². The van der Waals surface area contributed by atoms with Crippen molar-refractivity contribution in [2.75, 3.05) is 29.9 Å². The lowest BCUT2D eigenvalue weighted by atomic mass is 10.2. The van der Waals surface area contributed by atoms with Gasteiger partial charge in [0, 0.05) is 25.6 Å². The number of nitrogens with zero attached hydrogens (tertiary/aromatic N) is 3. The van der Waals surface area contributed by atoms with Crippen LogP contribution in [-0.4, -0.2) is 29.6 Å². The first-order valence-corrected chi connectivity index (χ1v) is 7.56. The van der Waals surface area contributed by atoms with Gasteiger partial charge in [0.2, 0.25) is 5.95 Å². The van der Waals surface area contributed by atoms with Crippen LogP contribution in [0.2, 0.25) is 0 Å². The highest BCUT2D eigenvalue weighted by Crippen LogP contribution is 2.44. The van der Waals surface area contributed by atoms with Crippen molar-refractivity contribution in [3.8, 4) is 0 Å². The smallest absolute Gasteiger partial charge is 0.227 e. The average Bonchev–Trinajstić information content (AvgIpc) is 3.18. The van der Waals surface area contributed by atoms with Crippen LogP contribution in [0.4, 0.5) is 11.8 Å². The molecule has 1 heterocycles. The summed E-state index contributed by atoms with van der Waals surface area (Å²) in [4.78, 5) is 11.6. The molecular formula is C13H21BrN4. The molecule has 0 unspecified atom stereocenters. The van der Waals surface area contributed by atoms with Crippen LogP contribution in [0, 0.1) is 0 Å². The SMILES string of the molecule is CCNc1nc(N(CC)CC)nc(C2CC2)c1Br. The predicted molar refractivity (Wildman–Crippen MR) is 79.4 cm³/mol. The van der Waals surface area contributed by atoms with Gasteiger partial charge in [-0.3, -0.25) is 0 Å². The quantitative estimate of drug-likeness (QED) is 0.874. The fraction of sp³-hybridized carbons (Fsp3) is 0.692. The van der Waals surface area contributed by atoms with Crippen molar-refractivity contribution < 1.29 is 0 Å². The molecule has 1 aliphatic rings. The van der Waals surface area contributed by atoms with Crippen LogP contribution in [0.5, 0.6) is 0 Å². The number of halogens is 1. The van der Waals surface area contributed by atoms with E-state index in [9.17, 15) is 0 Å². The molecule has 1 aromatic rings. The Morgan fingerprint density at radius 2 is 1.89 bits per heavy atom. The zero-order valence-electron chi connectivity index (χ0n) is 11.3. The minimum Gasteiger partial charge on any atom is -0.369 e. The van der Waals surface area contributed by atoms with Crippen LogP contribution < -0.4 is 10.2 Å². The first kappa shape index (κ1) is 13.6. The maximum absolute atomic E-state index is 4.75. The Morgan fingerprint density at radius 1 is 1.22 bits per heavy atom. The van der Waals surface area contributed by atoms with Gasteiger partial charge in [0.05, 0.1) is 10.2 Å². The van der Waals surface area contributed by atoms with Crippen molar-refractivity contribution in [2.24, 2.45) is 0 Å². The first-order chi connectivity index (χ1) is 8.71. The zero-order valence-corrected chi connectivity index (χ0v) is 12.9. The maximum atomic E-state index is 4.75. The van der Waals surface area contributed by atoms with Crippen molar-refractivity contribution >= 4 is 27.7 Å². The van der Waals surface area contributed by atoms with Crippen molar-refractivity contribution in [3.63, 3.8) is 0 Å². The molecule has 18 heavy (non-hydrogen) atoms. The third-order valence-electron chi connectivity index (χ3n) is 3.22. The van der Waals surface area contributed by atoms with Crippen LogP contribution in [0.15, 0.2) is 4.47 Å². The van der Waals surface area contributed by atoms with E-state index >= 15 is 0 Å². The summed E-state index contributed by atoms with van der Waals surface area (Å²) in [5.41, 5.74) is 1.17. The van der Waals surface area contributed by atoms with Crippen molar-refractivity contribution in [3.05, 3.63) is 10.2 Å². The molecule has 0 aromatic carbocycles. The summed E-state index contributed by atoms with van der Waals surface area (Å²) in [6.45, 7) is 9.11. The molecule has 1 saturated carbocycles. The topological polar surface area (TPSA) is 41.1 Å². The van der Waals surface area contributed by atoms with E-state index in [0.717, 1.165) is 35.9 Å². The number of hydrogen-bond acceptors (Lipinski definition) is 4. The van der Waals surface area contributed by atoms with Gasteiger partial charge in [0.15, 0.2) is 0 Å². The molecule has 0 aliphatic heterocycles. The number of anilines is 2. The lowest BCUT2D eigenvalue weighted by Gasteiger charge is -2.21. The Bertz CT molecular complexity index is 414. The standard InChI is InChI=1S/C13H21BrN4/c1-4-15-12-10(14)11(9-7-8-9)16-13(17-12)18(5-2)6-3/h9H,4-8H2,1-3H3,(H,15,16,17). The Kier molecular flexibility index (Phi) is 4.43. The first-order valence-electron chi connectivity index (χ1n) is 6.77. The summed E-state index contributed by atoms with van der Waals surface area (Å²) < 4.78 is 1.04. The number of nitrogens with one attached hydrogen (secondary N) is 1. The molecule has 100 valence electrons. The summed E-state index contributed by atoms with van der Waals surface area (Å²) >= 11 is 3.64. The number of aromatic nitrogens is 2. The van der Waals surface area contributed by atoms with Crippen molar-refractivity contribution in [1.29, 1.82) is 0 Å². The number of hydrogen-bond donors (Lipinski definition) is 1. The molecular weight excluding hydrogens is 292 g/mol. The summed E-state index contributed by atoms with van der Waals surface area (Å²) in [7, 11) is 0. The average molecular weight is 313 g/mol. The van der Waals surface area contributed by atoms with E-state index in [4.69, 9.17) is 4.98 Å². The normalized spacial score (nSPS) is 14.7. The van der Waals surface area contributed by atoms with Crippen LogP contribution in [0.3, 0.4) is 0 Å². The van der Waals surface area contributed by atoms with Gasteiger partial charge < -0.3 is 10.2 Å². The lowest BCUT2D eigenvalue weighted by Crippen LogP contribution is -2.25. The number of rotatable bonds is 6. The van der Waals surface area contributed by atoms with E-state index in [1.54, 1.807) is 0 Å². The highest BCUT2D eigenvalue weighted by atomic mass is 79.9. The van der Waals surface area contributed by atoms with Crippen molar-refractivity contribution in [1.82, 2.24) is 9.97 Å². The second kappa shape index (κ2) is 5.87. The van der Waals surface area contributed by atoms with E-state index in [-0.39, 0.29) is 0 Å². The molecule has 1 fully saturated rings. The molecule has 1 aliphatic carbocycles. The molecule has 2 rings (SSSR count). The van der Waals surface area contributed by atoms with Gasteiger partial charge in [0.1, 0.15) is 5.82 Å². The summed E-state index contributed by atoms with van der Waals surface area (Å²) in [5, 5.41) is 3.32. The van der Waals surface area contributed by atoms with Gasteiger partial charge in [-0.25, -0.2) is 4.98 Å². The van der Waals surface area contributed by atoms with E-state index in [1.165, 1.54) is 18.5 Å². The molecule has 0 radical (unpaired) electrons.